The molecule has 34 heavy (non-hydrogen) atoms. The molecule has 2 N–H and O–H groups in total. The van der Waals surface area contributed by atoms with E-state index >= 15 is 0 Å². The molecule has 178 valence electrons. The second-order valence-corrected chi connectivity index (χ2v) is 7.72. The van der Waals surface area contributed by atoms with Crippen LogP contribution in [0, 0.1) is 17.6 Å². The zero-order chi connectivity index (χ0) is 24.7. The maximum absolute atomic E-state index is 13.3. The Kier molecular flexibility index (Phi) is 8.19. The van der Waals surface area contributed by atoms with Gasteiger partial charge in [0.25, 0.3) is 5.91 Å². The summed E-state index contributed by atoms with van der Waals surface area (Å²) in [5.41, 5.74) is 1.82. The van der Waals surface area contributed by atoms with Gasteiger partial charge in [0, 0.05) is 24.7 Å². The second kappa shape index (κ2) is 11.3. The minimum absolute atomic E-state index is 0.0405. The Labute approximate surface area is 196 Å². The fraction of sp³-hybridized carbons (Fsp3) is 0.231. The molecule has 0 saturated heterocycles. The first-order valence-corrected chi connectivity index (χ1v) is 10.7. The Balaban J connectivity index is 1.65. The zero-order valence-corrected chi connectivity index (χ0v) is 18.8. The molecule has 6 nitrogen and oxygen atoms in total. The van der Waals surface area contributed by atoms with Crippen molar-refractivity contribution in [3.63, 3.8) is 0 Å². The predicted octanol–water partition coefficient (Wildman–Crippen LogP) is 5.35. The molecule has 0 heterocycles. The molecule has 3 aromatic carbocycles. The van der Waals surface area contributed by atoms with E-state index in [1.165, 1.54) is 7.11 Å². The summed E-state index contributed by atoms with van der Waals surface area (Å²) < 4.78 is 37.4. The standard InChI is InChI=1S/C26H25F2NO5/c1-3-18(26(31)32)10-17-6-9-24(33-2)23(11-17)25(30)29-15-16-4-7-21(8-5-16)34-22-13-19(27)12-20(28)14-22/h4-9,11-14,18H,3,10,15H2,1-2H3,(H,29,30)(H,31,32)/t18-/m1/s1. The van der Waals surface area contributed by atoms with E-state index in [0.29, 0.717) is 29.9 Å². The minimum atomic E-state index is -0.876. The number of carboxylic acid groups (broad SMARTS) is 1. The van der Waals surface area contributed by atoms with Gasteiger partial charge in [-0.1, -0.05) is 25.1 Å². The van der Waals surface area contributed by atoms with Gasteiger partial charge in [-0.05, 0) is 48.2 Å². The predicted molar refractivity (Wildman–Crippen MR) is 122 cm³/mol. The van der Waals surface area contributed by atoms with Crippen LogP contribution in [0.2, 0.25) is 0 Å². The molecule has 0 radical (unpaired) electrons. The topological polar surface area (TPSA) is 84.9 Å². The number of carbonyl (C=O) groups is 2. The molecule has 3 aromatic rings. The van der Waals surface area contributed by atoms with Gasteiger partial charge >= 0.3 is 5.97 Å². The lowest BCUT2D eigenvalue weighted by atomic mass is 9.95. The molecule has 1 amide bonds. The first kappa shape index (κ1) is 24.7. The smallest absolute Gasteiger partial charge is 0.306 e. The lowest BCUT2D eigenvalue weighted by Gasteiger charge is -2.14. The van der Waals surface area contributed by atoms with E-state index in [4.69, 9.17) is 9.47 Å². The summed E-state index contributed by atoms with van der Waals surface area (Å²) >= 11 is 0. The van der Waals surface area contributed by atoms with E-state index in [9.17, 15) is 23.5 Å². The molecule has 0 aliphatic carbocycles. The van der Waals surface area contributed by atoms with Crippen molar-refractivity contribution in [1.82, 2.24) is 5.32 Å². The first-order chi connectivity index (χ1) is 16.3. The van der Waals surface area contributed by atoms with Crippen LogP contribution in [0.15, 0.2) is 60.7 Å². The number of carbonyl (C=O) groups excluding carboxylic acids is 1. The molecule has 0 aliphatic heterocycles. The molecule has 0 bridgehead atoms. The molecule has 0 aromatic heterocycles. The summed E-state index contributed by atoms with van der Waals surface area (Å²) in [6.07, 6.45) is 0.795. The number of halogens is 2. The highest BCUT2D eigenvalue weighted by molar-refractivity contribution is 5.97. The van der Waals surface area contributed by atoms with E-state index in [1.54, 1.807) is 42.5 Å². The molecule has 3 rings (SSSR count). The Hall–Kier alpha value is -3.94. The van der Waals surface area contributed by atoms with Gasteiger partial charge in [-0.2, -0.15) is 0 Å². The van der Waals surface area contributed by atoms with Crippen LogP contribution in [0.3, 0.4) is 0 Å². The highest BCUT2D eigenvalue weighted by atomic mass is 19.1. The number of benzene rings is 3. The van der Waals surface area contributed by atoms with E-state index in [2.05, 4.69) is 5.32 Å². The van der Waals surface area contributed by atoms with Crippen LogP contribution in [0.25, 0.3) is 0 Å². The third-order valence-corrected chi connectivity index (χ3v) is 5.28. The SMILES string of the molecule is CC[C@H](Cc1ccc(OC)c(C(=O)NCc2ccc(Oc3cc(F)cc(F)c3)cc2)c1)C(=O)O. The van der Waals surface area contributed by atoms with Gasteiger partial charge in [0.05, 0.1) is 18.6 Å². The second-order valence-electron chi connectivity index (χ2n) is 7.72. The number of hydrogen-bond donors (Lipinski definition) is 2. The van der Waals surface area contributed by atoms with Gasteiger partial charge < -0.3 is 19.9 Å². The molecule has 1 atom stereocenters. The van der Waals surface area contributed by atoms with Crippen molar-refractivity contribution >= 4 is 11.9 Å². The van der Waals surface area contributed by atoms with Gasteiger partial charge in [0.1, 0.15) is 28.9 Å². The van der Waals surface area contributed by atoms with Crippen LogP contribution >= 0.6 is 0 Å². The normalized spacial score (nSPS) is 11.5. The number of ether oxygens (including phenoxy) is 2. The maximum Gasteiger partial charge on any atom is 0.306 e. The highest BCUT2D eigenvalue weighted by Gasteiger charge is 2.18. The van der Waals surface area contributed by atoms with Crippen LogP contribution in [-0.2, 0) is 17.8 Å². The van der Waals surface area contributed by atoms with Crippen LogP contribution in [0.4, 0.5) is 8.78 Å². The Morgan fingerprint density at radius 1 is 0.941 bits per heavy atom. The minimum Gasteiger partial charge on any atom is -0.496 e. The van der Waals surface area contributed by atoms with E-state index in [1.807, 2.05) is 6.92 Å². The number of amides is 1. The lowest BCUT2D eigenvalue weighted by Crippen LogP contribution is -2.24. The van der Waals surface area contributed by atoms with Crippen LogP contribution < -0.4 is 14.8 Å². The van der Waals surface area contributed by atoms with Gasteiger partial charge in [-0.25, -0.2) is 8.78 Å². The van der Waals surface area contributed by atoms with Crippen molar-refractivity contribution in [2.45, 2.75) is 26.3 Å². The average Bonchev–Trinajstić information content (AvgIpc) is 2.81. The van der Waals surface area contributed by atoms with Crippen molar-refractivity contribution in [3.8, 4) is 17.2 Å². The van der Waals surface area contributed by atoms with Gasteiger partial charge in [0.15, 0.2) is 0 Å². The molecule has 0 unspecified atom stereocenters. The Morgan fingerprint density at radius 2 is 1.59 bits per heavy atom. The quantitative estimate of drug-likeness (QED) is 0.418. The van der Waals surface area contributed by atoms with Crippen molar-refractivity contribution in [2.24, 2.45) is 5.92 Å². The summed E-state index contributed by atoms with van der Waals surface area (Å²) in [5, 5.41) is 12.1. The zero-order valence-electron chi connectivity index (χ0n) is 18.8. The number of methoxy groups -OCH3 is 1. The van der Waals surface area contributed by atoms with E-state index in [-0.39, 0.29) is 18.2 Å². The molecule has 0 fully saturated rings. The lowest BCUT2D eigenvalue weighted by molar-refractivity contribution is -0.141. The number of nitrogens with one attached hydrogen (secondary N) is 1. The highest BCUT2D eigenvalue weighted by Crippen LogP contribution is 2.25. The van der Waals surface area contributed by atoms with Crippen molar-refractivity contribution in [3.05, 3.63) is 89.0 Å². The van der Waals surface area contributed by atoms with Crippen LogP contribution in [0.1, 0.15) is 34.8 Å². The fourth-order valence-corrected chi connectivity index (χ4v) is 3.43. The van der Waals surface area contributed by atoms with Crippen molar-refractivity contribution in [1.29, 1.82) is 0 Å². The number of carboxylic acids is 1. The summed E-state index contributed by atoms with van der Waals surface area (Å²) in [6, 6.07) is 14.7. The van der Waals surface area contributed by atoms with Crippen molar-refractivity contribution in [2.75, 3.05) is 7.11 Å². The first-order valence-electron chi connectivity index (χ1n) is 10.7. The molecule has 0 aliphatic rings. The molecular weight excluding hydrogens is 444 g/mol. The maximum atomic E-state index is 13.3. The average molecular weight is 469 g/mol. The van der Waals surface area contributed by atoms with E-state index in [0.717, 1.165) is 29.3 Å². The van der Waals surface area contributed by atoms with Gasteiger partial charge in [0.2, 0.25) is 0 Å². The molecule has 0 saturated carbocycles. The van der Waals surface area contributed by atoms with Crippen LogP contribution in [-0.4, -0.2) is 24.1 Å². The van der Waals surface area contributed by atoms with Gasteiger partial charge in [-0.3, -0.25) is 9.59 Å². The largest absolute Gasteiger partial charge is 0.496 e. The van der Waals surface area contributed by atoms with Crippen LogP contribution in [0.5, 0.6) is 17.2 Å². The monoisotopic (exact) mass is 469 g/mol. The third-order valence-electron chi connectivity index (χ3n) is 5.28. The summed E-state index contributed by atoms with van der Waals surface area (Å²) in [5.74, 6) is -2.43. The Bertz CT molecular complexity index is 1140. The fourth-order valence-electron chi connectivity index (χ4n) is 3.43. The summed E-state index contributed by atoms with van der Waals surface area (Å²) in [4.78, 5) is 24.2. The third kappa shape index (κ3) is 6.54. The summed E-state index contributed by atoms with van der Waals surface area (Å²) in [6.45, 7) is 2.02. The number of rotatable bonds is 10. The Morgan fingerprint density at radius 3 is 2.18 bits per heavy atom. The summed E-state index contributed by atoms with van der Waals surface area (Å²) in [7, 11) is 1.46. The van der Waals surface area contributed by atoms with E-state index < -0.39 is 23.5 Å². The number of aliphatic carboxylic acids is 1. The van der Waals surface area contributed by atoms with Gasteiger partial charge in [-0.15, -0.1) is 0 Å². The number of hydrogen-bond acceptors (Lipinski definition) is 4. The van der Waals surface area contributed by atoms with Crippen molar-refractivity contribution < 1.29 is 33.0 Å². The molecular formula is C26H25F2NO5. The molecule has 0 spiro atoms. The molecule has 8 heteroatoms.